The first-order valence-electron chi connectivity index (χ1n) is 10.1. The Morgan fingerprint density at radius 2 is 1.93 bits per heavy atom. The van der Waals surface area contributed by atoms with Gasteiger partial charge in [0.25, 0.3) is 0 Å². The fourth-order valence-electron chi connectivity index (χ4n) is 4.28. The van der Waals surface area contributed by atoms with Crippen LogP contribution in [0.1, 0.15) is 36.8 Å². The van der Waals surface area contributed by atoms with E-state index in [-0.39, 0.29) is 11.8 Å². The maximum absolute atomic E-state index is 12.3. The number of piperidine rings is 1. The Kier molecular flexibility index (Phi) is 6.89. The van der Waals surface area contributed by atoms with Crippen LogP contribution in [0, 0.1) is 5.92 Å². The second kappa shape index (κ2) is 9.58. The van der Waals surface area contributed by atoms with Gasteiger partial charge in [-0.3, -0.25) is 4.79 Å². The van der Waals surface area contributed by atoms with Crippen molar-refractivity contribution in [2.75, 3.05) is 13.1 Å². The third-order valence-electron chi connectivity index (χ3n) is 5.60. The van der Waals surface area contributed by atoms with Crippen LogP contribution in [-0.2, 0) is 20.8 Å². The molecule has 2 aromatic rings. The molecule has 3 atom stereocenters. The molecule has 1 aliphatic carbocycles. The number of carboxylic acid groups (broad SMARTS) is 2. The van der Waals surface area contributed by atoms with Crippen LogP contribution in [-0.4, -0.2) is 52.2 Å². The van der Waals surface area contributed by atoms with Crippen molar-refractivity contribution in [1.29, 1.82) is 0 Å². The Labute approximate surface area is 174 Å². The summed E-state index contributed by atoms with van der Waals surface area (Å²) in [7, 11) is 0. The van der Waals surface area contributed by atoms with Crippen molar-refractivity contribution in [2.24, 2.45) is 5.92 Å². The van der Waals surface area contributed by atoms with Crippen molar-refractivity contribution in [3.63, 3.8) is 0 Å². The fourth-order valence-corrected chi connectivity index (χ4v) is 4.28. The Morgan fingerprint density at radius 3 is 2.60 bits per heavy atom. The lowest BCUT2D eigenvalue weighted by atomic mass is 9.73. The van der Waals surface area contributed by atoms with Crippen LogP contribution < -0.4 is 10.6 Å². The molecule has 2 heterocycles. The monoisotopic (exact) mass is 413 g/mol. The second-order valence-corrected chi connectivity index (χ2v) is 7.64. The Balaban J connectivity index is 0.000000275. The average Bonchev–Trinajstić information content (AvgIpc) is 3.15. The van der Waals surface area contributed by atoms with E-state index in [1.54, 1.807) is 0 Å². The SMILES string of the molecule is CCCNC(=O)C1CN[C@@H]2Cc3c[nH]c4cccc(c34)[C@H]2C1.O=C(O)/C=C\C(=O)O. The van der Waals surface area contributed by atoms with E-state index in [4.69, 9.17) is 10.2 Å². The van der Waals surface area contributed by atoms with Crippen molar-refractivity contribution in [1.82, 2.24) is 15.6 Å². The van der Waals surface area contributed by atoms with Gasteiger partial charge in [-0.25, -0.2) is 9.59 Å². The summed E-state index contributed by atoms with van der Waals surface area (Å²) >= 11 is 0. The maximum Gasteiger partial charge on any atom is 0.328 e. The summed E-state index contributed by atoms with van der Waals surface area (Å²) in [6, 6.07) is 6.97. The minimum Gasteiger partial charge on any atom is -0.478 e. The van der Waals surface area contributed by atoms with Gasteiger partial charge < -0.3 is 25.8 Å². The molecule has 0 saturated carbocycles. The molecule has 1 unspecified atom stereocenters. The standard InChI is InChI=1S/C18H23N3O.C4H4O4/c1-2-6-19-18(22)12-7-14-13-4-3-5-15-17(13)11(9-20-15)8-16(14)21-10-12;5-3(6)1-2-4(7)8/h3-5,9,12,14,16,20-21H,2,6-8,10H2,1H3,(H,19,22);1-2H,(H,5,6)(H,7,8)/b;2-1-/t12?,14-,16-;/m1./s1. The molecule has 1 fully saturated rings. The van der Waals surface area contributed by atoms with Crippen molar-refractivity contribution in [3.05, 3.63) is 47.7 Å². The number of aromatic amines is 1. The highest BCUT2D eigenvalue weighted by atomic mass is 16.4. The number of nitrogens with one attached hydrogen (secondary N) is 3. The van der Waals surface area contributed by atoms with Gasteiger partial charge in [0.1, 0.15) is 0 Å². The summed E-state index contributed by atoms with van der Waals surface area (Å²) in [5.74, 6) is -1.78. The third-order valence-corrected chi connectivity index (χ3v) is 5.60. The predicted molar refractivity (Wildman–Crippen MR) is 112 cm³/mol. The van der Waals surface area contributed by atoms with E-state index >= 15 is 0 Å². The van der Waals surface area contributed by atoms with Crippen LogP contribution in [0.15, 0.2) is 36.5 Å². The van der Waals surface area contributed by atoms with Gasteiger partial charge in [0.15, 0.2) is 0 Å². The Hall–Kier alpha value is -3.13. The summed E-state index contributed by atoms with van der Waals surface area (Å²) in [5, 5.41) is 23.7. The summed E-state index contributed by atoms with van der Waals surface area (Å²) in [6.07, 6.45) is 6.27. The lowest BCUT2D eigenvalue weighted by molar-refractivity contribution is -0.134. The highest BCUT2D eigenvalue weighted by Gasteiger charge is 2.38. The number of benzene rings is 1. The first-order chi connectivity index (χ1) is 14.4. The molecule has 0 spiro atoms. The molecule has 160 valence electrons. The number of carboxylic acids is 2. The van der Waals surface area contributed by atoms with Crippen LogP contribution in [0.25, 0.3) is 10.9 Å². The van der Waals surface area contributed by atoms with Gasteiger partial charge in [-0.15, -0.1) is 0 Å². The minimum absolute atomic E-state index is 0.0866. The number of hydrogen-bond donors (Lipinski definition) is 5. The summed E-state index contributed by atoms with van der Waals surface area (Å²) in [6.45, 7) is 3.66. The molecule has 8 nitrogen and oxygen atoms in total. The molecule has 1 saturated heterocycles. The lowest BCUT2D eigenvalue weighted by Crippen LogP contribution is -2.50. The number of rotatable bonds is 5. The molecule has 8 heteroatoms. The number of carbonyl (C=O) groups is 3. The van der Waals surface area contributed by atoms with Crippen LogP contribution in [0.4, 0.5) is 0 Å². The van der Waals surface area contributed by atoms with Crippen molar-refractivity contribution in [2.45, 2.75) is 38.1 Å². The molecule has 5 N–H and O–H groups in total. The number of fused-ring (bicyclic) bond motifs is 2. The molecule has 2 aliphatic rings. The number of aliphatic carboxylic acids is 2. The van der Waals surface area contributed by atoms with E-state index in [2.05, 4.69) is 46.9 Å². The van der Waals surface area contributed by atoms with Gasteiger partial charge >= 0.3 is 11.9 Å². The van der Waals surface area contributed by atoms with Crippen molar-refractivity contribution < 1.29 is 24.6 Å². The number of aromatic nitrogens is 1. The molecule has 1 aromatic carbocycles. The van der Waals surface area contributed by atoms with Gasteiger partial charge in [-0.05, 0) is 36.5 Å². The van der Waals surface area contributed by atoms with Gasteiger partial charge in [0, 0.05) is 54.3 Å². The van der Waals surface area contributed by atoms with Crippen LogP contribution >= 0.6 is 0 Å². The summed E-state index contributed by atoms with van der Waals surface area (Å²) in [5.41, 5.74) is 4.04. The third kappa shape index (κ3) is 4.88. The van der Waals surface area contributed by atoms with E-state index in [0.717, 1.165) is 32.4 Å². The molecule has 1 aromatic heterocycles. The first-order valence-corrected chi connectivity index (χ1v) is 10.1. The molecule has 1 aliphatic heterocycles. The molecular weight excluding hydrogens is 386 g/mol. The number of hydrogen-bond acceptors (Lipinski definition) is 4. The van der Waals surface area contributed by atoms with E-state index in [0.29, 0.717) is 24.1 Å². The van der Waals surface area contributed by atoms with Gasteiger partial charge in [-0.2, -0.15) is 0 Å². The van der Waals surface area contributed by atoms with Gasteiger partial charge in [0.05, 0.1) is 5.92 Å². The highest BCUT2D eigenvalue weighted by molar-refractivity contribution is 5.90. The molecule has 0 bridgehead atoms. The topological polar surface area (TPSA) is 132 Å². The van der Waals surface area contributed by atoms with Gasteiger partial charge in [-0.1, -0.05) is 19.1 Å². The number of H-pyrrole nitrogens is 1. The normalized spacial score (nSPS) is 22.1. The Bertz CT molecular complexity index is 949. The van der Waals surface area contributed by atoms with E-state index < -0.39 is 11.9 Å². The molecule has 4 rings (SSSR count). The largest absolute Gasteiger partial charge is 0.478 e. The van der Waals surface area contributed by atoms with Gasteiger partial charge in [0.2, 0.25) is 5.91 Å². The highest BCUT2D eigenvalue weighted by Crippen LogP contribution is 2.41. The summed E-state index contributed by atoms with van der Waals surface area (Å²) in [4.78, 5) is 34.8. The Morgan fingerprint density at radius 1 is 1.20 bits per heavy atom. The predicted octanol–water partition coefficient (Wildman–Crippen LogP) is 2.02. The summed E-state index contributed by atoms with van der Waals surface area (Å²) < 4.78 is 0. The lowest BCUT2D eigenvalue weighted by Gasteiger charge is -2.39. The minimum atomic E-state index is -1.26. The smallest absolute Gasteiger partial charge is 0.328 e. The quantitative estimate of drug-likeness (QED) is 0.477. The number of carbonyl (C=O) groups excluding carboxylic acids is 1. The molecule has 1 amide bonds. The average molecular weight is 413 g/mol. The molecule has 30 heavy (non-hydrogen) atoms. The zero-order valence-corrected chi connectivity index (χ0v) is 16.9. The molecular formula is C22H27N3O5. The van der Waals surface area contributed by atoms with Crippen molar-refractivity contribution >= 4 is 28.7 Å². The van der Waals surface area contributed by atoms with Crippen LogP contribution in [0.3, 0.4) is 0 Å². The van der Waals surface area contributed by atoms with Crippen LogP contribution in [0.2, 0.25) is 0 Å². The van der Waals surface area contributed by atoms with Crippen LogP contribution in [0.5, 0.6) is 0 Å². The van der Waals surface area contributed by atoms with Crippen molar-refractivity contribution in [3.8, 4) is 0 Å². The number of amides is 1. The van der Waals surface area contributed by atoms with E-state index in [9.17, 15) is 14.4 Å². The maximum atomic E-state index is 12.3. The first kappa shape index (κ1) is 21.6. The van der Waals surface area contributed by atoms with E-state index in [1.165, 1.54) is 22.0 Å². The zero-order valence-electron chi connectivity index (χ0n) is 16.9. The van der Waals surface area contributed by atoms with E-state index in [1.807, 2.05) is 0 Å². The fraction of sp³-hybridized carbons (Fsp3) is 0.409. The second-order valence-electron chi connectivity index (χ2n) is 7.64. The zero-order chi connectivity index (χ0) is 21.7. The molecule has 0 radical (unpaired) electrons.